The fraction of sp³-hybridized carbons (Fsp3) is 0.286. The molecular formula is C21H24N4O2. The minimum atomic E-state index is -0.142. The molecule has 6 heteroatoms. The molecule has 1 fully saturated rings. The van der Waals surface area contributed by atoms with E-state index in [9.17, 15) is 4.79 Å². The Morgan fingerprint density at radius 2 is 2.04 bits per heavy atom. The highest BCUT2D eigenvalue weighted by Crippen LogP contribution is 2.28. The highest BCUT2D eigenvalue weighted by molar-refractivity contribution is 5.94. The molecule has 0 radical (unpaired) electrons. The Hall–Kier alpha value is -2.83. The number of para-hydroxylation sites is 1. The molecule has 2 aromatic carbocycles. The lowest BCUT2D eigenvalue weighted by atomic mass is 10.1. The zero-order valence-corrected chi connectivity index (χ0v) is 15.5. The Bertz CT molecular complexity index is 966. The Labute approximate surface area is 158 Å². The van der Waals surface area contributed by atoms with E-state index in [1.54, 1.807) is 19.2 Å². The molecule has 1 amide bonds. The van der Waals surface area contributed by atoms with Crippen molar-refractivity contribution in [1.29, 1.82) is 0 Å². The molecule has 0 bridgehead atoms. The average molecular weight is 364 g/mol. The van der Waals surface area contributed by atoms with Gasteiger partial charge in [-0.3, -0.25) is 4.79 Å². The van der Waals surface area contributed by atoms with Crippen LogP contribution in [0.3, 0.4) is 0 Å². The average Bonchev–Trinajstić information content (AvgIpc) is 3.31. The van der Waals surface area contributed by atoms with Crippen LogP contribution in [0.2, 0.25) is 0 Å². The molecule has 0 spiro atoms. The second kappa shape index (κ2) is 7.42. The number of amides is 1. The normalized spacial score (nSPS) is 19.3. The molecule has 6 nitrogen and oxygen atoms in total. The van der Waals surface area contributed by atoms with Gasteiger partial charge in [0.2, 0.25) is 0 Å². The molecule has 2 atom stereocenters. The van der Waals surface area contributed by atoms with Crippen molar-refractivity contribution in [2.45, 2.75) is 32.1 Å². The van der Waals surface area contributed by atoms with Crippen LogP contribution in [0.1, 0.15) is 35.4 Å². The first-order valence-corrected chi connectivity index (χ1v) is 9.23. The number of hydrogen-bond acceptors (Lipinski definition) is 4. The van der Waals surface area contributed by atoms with Gasteiger partial charge >= 0.3 is 0 Å². The molecule has 0 aliphatic carbocycles. The summed E-state index contributed by atoms with van der Waals surface area (Å²) in [6.45, 7) is 3.06. The Balaban J connectivity index is 1.48. The van der Waals surface area contributed by atoms with Gasteiger partial charge in [-0.15, -0.1) is 0 Å². The minimum Gasteiger partial charge on any atom is -0.497 e. The lowest BCUT2D eigenvalue weighted by Crippen LogP contribution is -2.44. The number of hydrazine groups is 1. The highest BCUT2D eigenvalue weighted by Gasteiger charge is 2.29. The van der Waals surface area contributed by atoms with Gasteiger partial charge in [0.05, 0.1) is 19.3 Å². The number of fused-ring (bicyclic) bond motifs is 1. The third-order valence-corrected chi connectivity index (χ3v) is 5.06. The minimum absolute atomic E-state index is 0.120. The molecule has 1 aromatic heterocycles. The van der Waals surface area contributed by atoms with Crippen LogP contribution in [0.5, 0.6) is 5.75 Å². The maximum absolute atomic E-state index is 12.5. The van der Waals surface area contributed by atoms with Crippen LogP contribution in [0.4, 0.5) is 0 Å². The maximum atomic E-state index is 12.5. The second-order valence-corrected chi connectivity index (χ2v) is 6.71. The van der Waals surface area contributed by atoms with E-state index in [1.807, 2.05) is 12.1 Å². The lowest BCUT2D eigenvalue weighted by Gasteiger charge is -2.14. The Morgan fingerprint density at radius 3 is 2.85 bits per heavy atom. The third-order valence-electron chi connectivity index (χ3n) is 5.06. The van der Waals surface area contributed by atoms with Gasteiger partial charge in [-0.1, -0.05) is 24.3 Å². The summed E-state index contributed by atoms with van der Waals surface area (Å²) in [4.78, 5) is 12.5. The van der Waals surface area contributed by atoms with Gasteiger partial charge in [0.1, 0.15) is 5.75 Å². The van der Waals surface area contributed by atoms with E-state index in [0.29, 0.717) is 11.3 Å². The quantitative estimate of drug-likeness (QED) is 0.651. The van der Waals surface area contributed by atoms with Gasteiger partial charge in [-0.05, 0) is 42.6 Å². The first kappa shape index (κ1) is 17.6. The van der Waals surface area contributed by atoms with Crippen LogP contribution in [-0.2, 0) is 6.54 Å². The van der Waals surface area contributed by atoms with E-state index in [2.05, 4.69) is 58.0 Å². The number of hydrogen-bond donors (Lipinski definition) is 3. The summed E-state index contributed by atoms with van der Waals surface area (Å²) >= 11 is 0. The fourth-order valence-electron chi connectivity index (χ4n) is 3.72. The smallest absolute Gasteiger partial charge is 0.252 e. The van der Waals surface area contributed by atoms with Gasteiger partial charge in [0, 0.05) is 29.7 Å². The molecule has 2 heterocycles. The molecule has 1 aliphatic rings. The van der Waals surface area contributed by atoms with Gasteiger partial charge in [-0.25, -0.2) is 10.9 Å². The highest BCUT2D eigenvalue weighted by atomic mass is 16.5. The number of nitrogens with one attached hydrogen (secondary N) is 3. The number of rotatable bonds is 5. The molecule has 140 valence electrons. The van der Waals surface area contributed by atoms with Gasteiger partial charge in [-0.2, -0.15) is 0 Å². The van der Waals surface area contributed by atoms with E-state index in [-0.39, 0.29) is 18.1 Å². The number of aromatic nitrogens is 1. The topological polar surface area (TPSA) is 67.3 Å². The van der Waals surface area contributed by atoms with Gasteiger partial charge in [0.25, 0.3) is 5.91 Å². The van der Waals surface area contributed by atoms with Crippen molar-refractivity contribution >= 4 is 16.8 Å². The third kappa shape index (κ3) is 3.41. The van der Waals surface area contributed by atoms with Crippen molar-refractivity contribution in [3.63, 3.8) is 0 Å². The van der Waals surface area contributed by atoms with Crippen molar-refractivity contribution in [1.82, 2.24) is 20.7 Å². The number of carbonyl (C=O) groups is 1. The molecule has 3 aromatic rings. The first-order chi connectivity index (χ1) is 13.2. The molecule has 1 saturated heterocycles. The van der Waals surface area contributed by atoms with Crippen LogP contribution >= 0.6 is 0 Å². The van der Waals surface area contributed by atoms with Crippen LogP contribution in [0.25, 0.3) is 10.9 Å². The molecule has 3 N–H and O–H groups in total. The Morgan fingerprint density at radius 1 is 1.19 bits per heavy atom. The zero-order valence-electron chi connectivity index (χ0n) is 15.5. The first-order valence-electron chi connectivity index (χ1n) is 9.23. The molecule has 27 heavy (non-hydrogen) atoms. The largest absolute Gasteiger partial charge is 0.497 e. The van der Waals surface area contributed by atoms with Crippen molar-refractivity contribution in [2.24, 2.45) is 0 Å². The monoisotopic (exact) mass is 364 g/mol. The van der Waals surface area contributed by atoms with Crippen LogP contribution < -0.4 is 20.9 Å². The van der Waals surface area contributed by atoms with Crippen molar-refractivity contribution in [2.75, 3.05) is 7.11 Å². The number of nitrogens with zero attached hydrogens (tertiary/aromatic N) is 1. The van der Waals surface area contributed by atoms with E-state index in [0.717, 1.165) is 13.0 Å². The maximum Gasteiger partial charge on any atom is 0.252 e. The molecule has 1 aliphatic heterocycles. The van der Waals surface area contributed by atoms with Gasteiger partial charge < -0.3 is 14.6 Å². The van der Waals surface area contributed by atoms with Crippen molar-refractivity contribution < 1.29 is 9.53 Å². The van der Waals surface area contributed by atoms with Crippen molar-refractivity contribution in [3.8, 4) is 5.75 Å². The zero-order chi connectivity index (χ0) is 18.8. The van der Waals surface area contributed by atoms with E-state index >= 15 is 0 Å². The summed E-state index contributed by atoms with van der Waals surface area (Å²) in [7, 11) is 1.59. The second-order valence-electron chi connectivity index (χ2n) is 6.71. The SMILES string of the molecule is CCn1c(C2CC(NC(=O)c3cccc(OC)c3)NN2)cc2ccccc21. The van der Waals surface area contributed by atoms with Crippen LogP contribution in [-0.4, -0.2) is 23.7 Å². The fourth-order valence-corrected chi connectivity index (χ4v) is 3.72. The van der Waals surface area contributed by atoms with Crippen LogP contribution in [0.15, 0.2) is 54.6 Å². The summed E-state index contributed by atoms with van der Waals surface area (Å²) in [6, 6.07) is 17.9. The van der Waals surface area contributed by atoms with E-state index in [1.165, 1.54) is 16.6 Å². The summed E-state index contributed by atoms with van der Waals surface area (Å²) in [5.41, 5.74) is 9.58. The number of aryl methyl sites for hydroxylation is 1. The van der Waals surface area contributed by atoms with E-state index < -0.39 is 0 Å². The number of methoxy groups -OCH3 is 1. The number of benzene rings is 2. The summed E-state index contributed by atoms with van der Waals surface area (Å²) in [5.74, 6) is 0.551. The predicted molar refractivity (Wildman–Crippen MR) is 105 cm³/mol. The number of carbonyl (C=O) groups excluding carboxylic acids is 1. The molecular weight excluding hydrogens is 340 g/mol. The molecule has 4 rings (SSSR count). The van der Waals surface area contributed by atoms with E-state index in [4.69, 9.17) is 4.74 Å². The Kier molecular flexibility index (Phi) is 4.83. The lowest BCUT2D eigenvalue weighted by molar-refractivity contribution is 0.0932. The van der Waals surface area contributed by atoms with Gasteiger partial charge in [0.15, 0.2) is 0 Å². The summed E-state index contributed by atoms with van der Waals surface area (Å²) in [6.07, 6.45) is 0.628. The number of ether oxygens (including phenoxy) is 1. The summed E-state index contributed by atoms with van der Waals surface area (Å²) in [5, 5.41) is 4.28. The van der Waals surface area contributed by atoms with Crippen molar-refractivity contribution in [3.05, 3.63) is 65.9 Å². The molecule has 0 saturated carbocycles. The summed E-state index contributed by atoms with van der Waals surface area (Å²) < 4.78 is 7.51. The molecule has 2 unspecified atom stereocenters. The predicted octanol–water partition coefficient (Wildman–Crippen LogP) is 2.96. The standard InChI is InChI=1S/C21H24N4O2/c1-3-25-18-10-5-4-7-14(18)12-19(25)17-13-20(24-23-17)22-21(26)15-8-6-9-16(11-15)27-2/h4-12,17,20,23-24H,3,13H2,1-2H3,(H,22,26). The van der Waals surface area contributed by atoms with Crippen LogP contribution in [0, 0.1) is 0 Å².